The van der Waals surface area contributed by atoms with Gasteiger partial charge < -0.3 is 9.47 Å². The molecule has 0 saturated heterocycles. The molecular weight excluding hydrogens is 829 g/mol. The van der Waals surface area contributed by atoms with E-state index in [1.54, 1.807) is 76.2 Å². The summed E-state index contributed by atoms with van der Waals surface area (Å²) in [6.07, 6.45) is 0.485. The Hall–Kier alpha value is -3.82. The molecule has 0 aliphatic carbocycles. The van der Waals surface area contributed by atoms with Crippen LogP contribution in [0.5, 0.6) is 0 Å². The van der Waals surface area contributed by atoms with Gasteiger partial charge in [-0.25, -0.2) is 16.8 Å². The van der Waals surface area contributed by atoms with Crippen LogP contribution in [-0.4, -0.2) is 108 Å². The van der Waals surface area contributed by atoms with E-state index in [1.807, 2.05) is 0 Å². The Labute approximate surface area is 343 Å². The Kier molecular flexibility index (Phi) is 16.9. The fourth-order valence-corrected chi connectivity index (χ4v) is 10.1. The number of benzene rings is 4. The van der Waals surface area contributed by atoms with E-state index in [0.717, 1.165) is 30.9 Å². The van der Waals surface area contributed by atoms with Crippen LogP contribution in [0.25, 0.3) is 0 Å². The normalized spacial score (nSPS) is 13.2. The number of rotatable bonds is 24. The number of ether oxygens (including phenoxy) is 2. The SMILES string of the molecule is C=CCOCC(CN(CCOS(=O)(=O)c1ccc(C)cc1)S(=O)(=O)c1ccc(C)cc1)OCCN(CCOS(=O)(=O)c1ccc(C)cc1)S(=O)(=O)c1ccc(C)cc1. The maximum Gasteiger partial charge on any atom is 0.297 e. The monoisotopic (exact) mass is 878 g/mol. The minimum atomic E-state index is -4.26. The molecule has 0 N–H and O–H groups in total. The predicted molar refractivity (Wildman–Crippen MR) is 219 cm³/mol. The van der Waals surface area contributed by atoms with Gasteiger partial charge in [0.2, 0.25) is 20.0 Å². The second-order valence-corrected chi connectivity index (χ2v) is 20.5. The molecule has 316 valence electrons. The third-order valence-electron chi connectivity index (χ3n) is 8.74. The zero-order chi connectivity index (χ0) is 42.6. The van der Waals surface area contributed by atoms with Gasteiger partial charge in [-0.15, -0.1) is 6.58 Å². The van der Waals surface area contributed by atoms with Crippen LogP contribution >= 0.6 is 0 Å². The molecular formula is C40H50N2O12S4. The molecule has 0 spiro atoms. The van der Waals surface area contributed by atoms with Gasteiger partial charge in [-0.1, -0.05) is 76.9 Å². The van der Waals surface area contributed by atoms with E-state index in [1.165, 1.54) is 54.6 Å². The van der Waals surface area contributed by atoms with E-state index in [9.17, 15) is 33.7 Å². The van der Waals surface area contributed by atoms with Crippen LogP contribution in [-0.2, 0) is 58.1 Å². The van der Waals surface area contributed by atoms with Gasteiger partial charge in [-0.05, 0) is 76.2 Å². The molecule has 0 radical (unpaired) electrons. The maximum absolute atomic E-state index is 14.0. The van der Waals surface area contributed by atoms with Crippen molar-refractivity contribution in [3.05, 3.63) is 132 Å². The predicted octanol–water partition coefficient (Wildman–Crippen LogP) is 5.00. The first-order valence-corrected chi connectivity index (χ1v) is 23.9. The zero-order valence-corrected chi connectivity index (χ0v) is 36.2. The van der Waals surface area contributed by atoms with E-state index in [2.05, 4.69) is 6.58 Å². The summed E-state index contributed by atoms with van der Waals surface area (Å²) in [7, 11) is -16.9. The lowest BCUT2D eigenvalue weighted by atomic mass is 10.2. The minimum absolute atomic E-state index is 0.0405. The van der Waals surface area contributed by atoms with Gasteiger partial charge in [0.15, 0.2) is 0 Å². The van der Waals surface area contributed by atoms with Crippen molar-refractivity contribution in [2.24, 2.45) is 0 Å². The molecule has 4 aromatic rings. The van der Waals surface area contributed by atoms with E-state index < -0.39 is 66.1 Å². The van der Waals surface area contributed by atoms with Gasteiger partial charge in [0.25, 0.3) is 20.2 Å². The molecule has 0 aromatic heterocycles. The van der Waals surface area contributed by atoms with Crippen LogP contribution in [0.1, 0.15) is 22.3 Å². The zero-order valence-electron chi connectivity index (χ0n) is 32.9. The average Bonchev–Trinajstić information content (AvgIpc) is 3.17. The van der Waals surface area contributed by atoms with Crippen LogP contribution in [0, 0.1) is 27.7 Å². The largest absolute Gasteiger partial charge is 0.375 e. The van der Waals surface area contributed by atoms with Gasteiger partial charge in [-0.3, -0.25) is 8.37 Å². The molecule has 0 bridgehead atoms. The van der Waals surface area contributed by atoms with Gasteiger partial charge in [-0.2, -0.15) is 25.4 Å². The first-order chi connectivity index (χ1) is 27.3. The van der Waals surface area contributed by atoms with Crippen molar-refractivity contribution >= 4 is 40.3 Å². The fraction of sp³-hybridized carbons (Fsp3) is 0.350. The third-order valence-corrected chi connectivity index (χ3v) is 15.2. The third kappa shape index (κ3) is 13.4. The highest BCUT2D eigenvalue weighted by Gasteiger charge is 2.30. The summed E-state index contributed by atoms with van der Waals surface area (Å²) in [6, 6.07) is 24.3. The van der Waals surface area contributed by atoms with Gasteiger partial charge in [0.05, 0.1) is 58.7 Å². The van der Waals surface area contributed by atoms with E-state index >= 15 is 0 Å². The molecule has 1 unspecified atom stereocenters. The van der Waals surface area contributed by atoms with Crippen LogP contribution in [0.3, 0.4) is 0 Å². The summed E-state index contributed by atoms with van der Waals surface area (Å²) < 4.78 is 132. The smallest absolute Gasteiger partial charge is 0.297 e. The molecule has 58 heavy (non-hydrogen) atoms. The topological polar surface area (TPSA) is 180 Å². The van der Waals surface area contributed by atoms with Gasteiger partial charge >= 0.3 is 0 Å². The van der Waals surface area contributed by atoms with Crippen molar-refractivity contribution in [1.29, 1.82) is 0 Å². The highest BCUT2D eigenvalue weighted by atomic mass is 32.2. The minimum Gasteiger partial charge on any atom is -0.375 e. The summed E-state index contributed by atoms with van der Waals surface area (Å²) in [5, 5.41) is 0. The Morgan fingerprint density at radius 3 is 1.26 bits per heavy atom. The Morgan fingerprint density at radius 2 is 0.862 bits per heavy atom. The van der Waals surface area contributed by atoms with Crippen molar-refractivity contribution in [1.82, 2.24) is 8.61 Å². The molecule has 1 atom stereocenters. The second-order valence-electron chi connectivity index (χ2n) is 13.4. The van der Waals surface area contributed by atoms with Crippen molar-refractivity contribution in [3.63, 3.8) is 0 Å². The molecule has 4 rings (SSSR count). The first kappa shape index (κ1) is 46.9. The van der Waals surface area contributed by atoms with Crippen LogP contribution < -0.4 is 0 Å². The Morgan fingerprint density at radius 1 is 0.517 bits per heavy atom. The molecule has 4 aromatic carbocycles. The molecule has 0 fully saturated rings. The van der Waals surface area contributed by atoms with Crippen LogP contribution in [0.2, 0.25) is 0 Å². The number of sulfonamides is 2. The summed E-state index contributed by atoms with van der Waals surface area (Å²) in [6.45, 7) is 8.05. The van der Waals surface area contributed by atoms with Gasteiger partial charge in [0, 0.05) is 26.2 Å². The molecule has 0 heterocycles. The molecule has 0 aliphatic heterocycles. The molecule has 0 aliphatic rings. The van der Waals surface area contributed by atoms with Crippen molar-refractivity contribution in [2.75, 3.05) is 59.2 Å². The lowest BCUT2D eigenvalue weighted by molar-refractivity contribution is -0.0208. The second kappa shape index (κ2) is 20.9. The van der Waals surface area contributed by atoms with Crippen molar-refractivity contribution in [3.8, 4) is 0 Å². The summed E-state index contributed by atoms with van der Waals surface area (Å²) in [5.41, 5.74) is 3.33. The summed E-state index contributed by atoms with van der Waals surface area (Å²) >= 11 is 0. The Bertz CT molecular complexity index is 2390. The standard InChI is InChI=1S/C40H50N2O12S4/c1-6-26-51-31-36(30-42(56(45,46)38-17-9-33(3)10-18-38)25-29-54-58(49,50)40-21-13-35(5)14-22-40)52-27-23-41(55(43,44)37-15-7-32(2)8-16-37)24-28-53-57(47,48)39-19-11-34(4)12-20-39/h6-22,36H,1,23-31H2,2-5H3. The number of aryl methyl sites for hydroxylation is 4. The van der Waals surface area contributed by atoms with Crippen LogP contribution in [0.15, 0.2) is 129 Å². The van der Waals surface area contributed by atoms with Crippen LogP contribution in [0.4, 0.5) is 0 Å². The highest BCUT2D eigenvalue weighted by molar-refractivity contribution is 7.89. The molecule has 18 heteroatoms. The fourth-order valence-electron chi connectivity index (χ4n) is 5.41. The van der Waals surface area contributed by atoms with E-state index in [4.69, 9.17) is 17.8 Å². The van der Waals surface area contributed by atoms with Crippen molar-refractivity contribution < 1.29 is 51.5 Å². The number of nitrogens with zero attached hydrogens (tertiary/aromatic N) is 2. The summed E-state index contributed by atoms with van der Waals surface area (Å²) in [5.74, 6) is 0. The number of hydrogen-bond donors (Lipinski definition) is 0. The molecule has 0 amide bonds. The molecule has 0 saturated carbocycles. The maximum atomic E-state index is 14.0. The summed E-state index contributed by atoms with van der Waals surface area (Å²) in [4.78, 5) is -0.268. The quantitative estimate of drug-likeness (QED) is 0.0523. The van der Waals surface area contributed by atoms with Gasteiger partial charge in [0.1, 0.15) is 0 Å². The Balaban J connectivity index is 1.56. The first-order valence-electron chi connectivity index (χ1n) is 18.2. The average molecular weight is 879 g/mol. The number of hydrogen-bond acceptors (Lipinski definition) is 12. The van der Waals surface area contributed by atoms with Crippen molar-refractivity contribution in [2.45, 2.75) is 53.4 Å². The van der Waals surface area contributed by atoms with E-state index in [0.29, 0.717) is 0 Å². The lowest BCUT2D eigenvalue weighted by Gasteiger charge is -2.28. The lowest BCUT2D eigenvalue weighted by Crippen LogP contribution is -2.43. The molecule has 14 nitrogen and oxygen atoms in total. The highest BCUT2D eigenvalue weighted by Crippen LogP contribution is 2.21. The van der Waals surface area contributed by atoms with E-state index in [-0.39, 0.29) is 59.0 Å².